The lowest BCUT2D eigenvalue weighted by molar-refractivity contribution is 0.261. The molecule has 0 saturated heterocycles. The summed E-state index contributed by atoms with van der Waals surface area (Å²) in [7, 11) is 3.99. The lowest BCUT2D eigenvalue weighted by atomic mass is 10.0. The number of hydrogen-bond acceptors (Lipinski definition) is 6. The number of nitrogens with two attached hydrogens (primary N) is 1. The minimum absolute atomic E-state index is 0.424. The summed E-state index contributed by atoms with van der Waals surface area (Å²) < 4.78 is 11.4. The predicted octanol–water partition coefficient (Wildman–Crippen LogP) is 6.44. The SMILES string of the molecule is CN(C)CCOc1ccc(-c2c(Sc3ccc(Cl)cc3Cl)c(=O)oc3cc(N)ccc23)cc1. The number of halogens is 2. The Balaban J connectivity index is 1.81. The third-order valence-electron chi connectivity index (χ3n) is 4.95. The van der Waals surface area contributed by atoms with Crippen LogP contribution in [0.3, 0.4) is 0 Å². The summed E-state index contributed by atoms with van der Waals surface area (Å²) in [5.74, 6) is 0.757. The van der Waals surface area contributed by atoms with Crippen molar-refractivity contribution < 1.29 is 9.15 Å². The molecule has 0 bridgehead atoms. The molecule has 0 spiro atoms. The summed E-state index contributed by atoms with van der Waals surface area (Å²) in [5.41, 5.74) is 8.00. The van der Waals surface area contributed by atoms with E-state index >= 15 is 0 Å². The van der Waals surface area contributed by atoms with Crippen LogP contribution in [-0.4, -0.2) is 32.1 Å². The maximum atomic E-state index is 13.1. The normalized spacial score (nSPS) is 11.3. The van der Waals surface area contributed by atoms with E-state index in [2.05, 4.69) is 4.90 Å². The summed E-state index contributed by atoms with van der Waals surface area (Å²) in [5, 5.41) is 1.76. The van der Waals surface area contributed by atoms with E-state index in [0.717, 1.165) is 28.8 Å². The van der Waals surface area contributed by atoms with Gasteiger partial charge in [0.2, 0.25) is 0 Å². The molecule has 0 radical (unpaired) electrons. The van der Waals surface area contributed by atoms with E-state index in [1.807, 2.05) is 44.4 Å². The predicted molar refractivity (Wildman–Crippen MR) is 137 cm³/mol. The van der Waals surface area contributed by atoms with Crippen LogP contribution < -0.4 is 16.1 Å². The van der Waals surface area contributed by atoms with E-state index in [4.69, 9.17) is 38.1 Å². The van der Waals surface area contributed by atoms with Crippen molar-refractivity contribution >= 4 is 51.6 Å². The molecule has 33 heavy (non-hydrogen) atoms. The minimum Gasteiger partial charge on any atom is -0.492 e. The fourth-order valence-corrected chi connectivity index (χ4v) is 4.80. The van der Waals surface area contributed by atoms with Gasteiger partial charge in [-0.3, -0.25) is 0 Å². The van der Waals surface area contributed by atoms with Gasteiger partial charge in [0.05, 0.1) is 5.02 Å². The fourth-order valence-electron chi connectivity index (χ4n) is 3.31. The minimum atomic E-state index is -0.467. The first-order chi connectivity index (χ1) is 15.8. The molecule has 3 aromatic carbocycles. The summed E-state index contributed by atoms with van der Waals surface area (Å²) in [6.45, 7) is 1.40. The van der Waals surface area contributed by atoms with Crippen molar-refractivity contribution in [2.45, 2.75) is 9.79 Å². The molecule has 0 atom stereocenters. The Labute approximate surface area is 206 Å². The van der Waals surface area contributed by atoms with Crippen molar-refractivity contribution in [1.82, 2.24) is 4.90 Å². The van der Waals surface area contributed by atoms with Crippen LogP contribution in [0.15, 0.2) is 79.7 Å². The highest BCUT2D eigenvalue weighted by molar-refractivity contribution is 7.99. The second-order valence-electron chi connectivity index (χ2n) is 7.70. The van der Waals surface area contributed by atoms with Crippen LogP contribution in [0.1, 0.15) is 0 Å². The van der Waals surface area contributed by atoms with E-state index in [0.29, 0.717) is 37.7 Å². The van der Waals surface area contributed by atoms with Crippen molar-refractivity contribution in [2.75, 3.05) is 33.0 Å². The highest BCUT2D eigenvalue weighted by atomic mass is 35.5. The van der Waals surface area contributed by atoms with Crippen LogP contribution in [0.5, 0.6) is 5.75 Å². The number of likely N-dealkylation sites (N-methyl/N-ethyl adjacent to an activating group) is 1. The Hall–Kier alpha value is -2.64. The monoisotopic (exact) mass is 500 g/mol. The molecule has 0 unspecified atom stereocenters. The first-order valence-corrected chi connectivity index (χ1v) is 11.8. The van der Waals surface area contributed by atoms with Crippen molar-refractivity contribution in [1.29, 1.82) is 0 Å². The van der Waals surface area contributed by atoms with E-state index in [-0.39, 0.29) is 0 Å². The van der Waals surface area contributed by atoms with Gasteiger partial charge < -0.3 is 19.8 Å². The molecule has 8 heteroatoms. The smallest absolute Gasteiger partial charge is 0.351 e. The van der Waals surface area contributed by atoms with Crippen molar-refractivity contribution in [3.8, 4) is 16.9 Å². The molecular formula is C25H22Cl2N2O3S. The van der Waals surface area contributed by atoms with Crippen LogP contribution >= 0.6 is 35.0 Å². The summed E-state index contributed by atoms with van der Waals surface area (Å²) in [6, 6.07) is 18.1. The van der Waals surface area contributed by atoms with Crippen molar-refractivity contribution in [2.24, 2.45) is 0 Å². The summed E-state index contributed by atoms with van der Waals surface area (Å²) >= 11 is 13.7. The molecule has 4 rings (SSSR count). The highest BCUT2D eigenvalue weighted by Crippen LogP contribution is 2.41. The number of anilines is 1. The number of nitrogens with zero attached hydrogens (tertiary/aromatic N) is 1. The second-order valence-corrected chi connectivity index (χ2v) is 9.60. The lowest BCUT2D eigenvalue weighted by Gasteiger charge is -2.14. The maximum Gasteiger partial charge on any atom is 0.351 e. The number of benzene rings is 3. The van der Waals surface area contributed by atoms with Gasteiger partial charge in [0, 0.05) is 39.2 Å². The van der Waals surface area contributed by atoms with E-state index in [1.54, 1.807) is 30.3 Å². The van der Waals surface area contributed by atoms with Gasteiger partial charge in [-0.15, -0.1) is 0 Å². The van der Waals surface area contributed by atoms with Gasteiger partial charge in [-0.25, -0.2) is 4.79 Å². The molecular weight excluding hydrogens is 479 g/mol. The summed E-state index contributed by atoms with van der Waals surface area (Å²) in [4.78, 5) is 16.3. The number of nitrogen functional groups attached to an aromatic ring is 1. The van der Waals surface area contributed by atoms with Gasteiger partial charge in [0.1, 0.15) is 22.8 Å². The van der Waals surface area contributed by atoms with Gasteiger partial charge in [0.15, 0.2) is 0 Å². The van der Waals surface area contributed by atoms with Gasteiger partial charge in [-0.2, -0.15) is 0 Å². The number of hydrogen-bond donors (Lipinski definition) is 1. The Morgan fingerprint density at radius 3 is 2.48 bits per heavy atom. The first kappa shape index (κ1) is 23.5. The molecule has 0 saturated carbocycles. The number of ether oxygens (including phenoxy) is 1. The summed E-state index contributed by atoms with van der Waals surface area (Å²) in [6.07, 6.45) is 0. The largest absolute Gasteiger partial charge is 0.492 e. The van der Waals surface area contributed by atoms with E-state index < -0.39 is 5.63 Å². The van der Waals surface area contributed by atoms with Gasteiger partial charge in [-0.05, 0) is 62.1 Å². The Bertz CT molecular complexity index is 1350. The lowest BCUT2D eigenvalue weighted by Crippen LogP contribution is -2.19. The second kappa shape index (κ2) is 10.1. The van der Waals surface area contributed by atoms with Gasteiger partial charge >= 0.3 is 5.63 Å². The zero-order valence-corrected chi connectivity index (χ0v) is 20.4. The standard InChI is InChI=1S/C25H22Cl2N2O3S/c1-29(2)11-12-31-18-7-3-15(4-8-18)23-19-9-6-17(28)14-21(19)32-25(30)24(23)33-22-10-5-16(26)13-20(22)27/h3-10,13-14H,11-12,28H2,1-2H3. The molecule has 4 aromatic rings. The van der Waals surface area contributed by atoms with Crippen LogP contribution in [0, 0.1) is 0 Å². The van der Waals surface area contributed by atoms with E-state index in [9.17, 15) is 4.79 Å². The van der Waals surface area contributed by atoms with Gasteiger partial charge in [0.25, 0.3) is 0 Å². The average Bonchev–Trinajstić information content (AvgIpc) is 2.76. The Morgan fingerprint density at radius 2 is 1.79 bits per heavy atom. The zero-order chi connectivity index (χ0) is 23.5. The van der Waals surface area contributed by atoms with Crippen molar-refractivity contribution in [3.63, 3.8) is 0 Å². The van der Waals surface area contributed by atoms with Crippen LogP contribution in [0.4, 0.5) is 5.69 Å². The average molecular weight is 501 g/mol. The maximum absolute atomic E-state index is 13.1. The third kappa shape index (κ3) is 5.47. The molecule has 0 aliphatic rings. The van der Waals surface area contributed by atoms with Crippen LogP contribution in [0.2, 0.25) is 10.0 Å². The van der Waals surface area contributed by atoms with E-state index in [1.165, 1.54) is 11.8 Å². The Kier molecular flexibility index (Phi) is 7.20. The fraction of sp³-hybridized carbons (Fsp3) is 0.160. The molecule has 0 aliphatic heterocycles. The third-order valence-corrected chi connectivity index (χ3v) is 6.76. The highest BCUT2D eigenvalue weighted by Gasteiger charge is 2.19. The molecule has 0 amide bonds. The molecule has 0 aliphatic carbocycles. The molecule has 2 N–H and O–H groups in total. The topological polar surface area (TPSA) is 68.7 Å². The first-order valence-electron chi connectivity index (χ1n) is 10.2. The Morgan fingerprint density at radius 1 is 1.03 bits per heavy atom. The van der Waals surface area contributed by atoms with Crippen LogP contribution in [0.25, 0.3) is 22.1 Å². The number of rotatable bonds is 7. The number of fused-ring (bicyclic) bond motifs is 1. The molecule has 5 nitrogen and oxygen atoms in total. The quantitative estimate of drug-likeness (QED) is 0.232. The van der Waals surface area contributed by atoms with Gasteiger partial charge in [-0.1, -0.05) is 47.1 Å². The zero-order valence-electron chi connectivity index (χ0n) is 18.1. The van der Waals surface area contributed by atoms with Crippen LogP contribution in [-0.2, 0) is 0 Å². The molecule has 170 valence electrons. The molecule has 1 heterocycles. The molecule has 1 aromatic heterocycles. The molecule has 0 fully saturated rings. The van der Waals surface area contributed by atoms with Crippen molar-refractivity contribution in [3.05, 3.63) is 81.1 Å².